The van der Waals surface area contributed by atoms with E-state index in [1.54, 1.807) is 7.05 Å². The van der Waals surface area contributed by atoms with Gasteiger partial charge >= 0.3 is 0 Å². The summed E-state index contributed by atoms with van der Waals surface area (Å²) in [6.07, 6.45) is 8.73. The second kappa shape index (κ2) is 5.27. The molecule has 1 saturated carbocycles. The van der Waals surface area contributed by atoms with Gasteiger partial charge in [-0.25, -0.2) is 4.98 Å². The van der Waals surface area contributed by atoms with Gasteiger partial charge in [0, 0.05) is 13.1 Å². The first kappa shape index (κ1) is 12.7. The van der Waals surface area contributed by atoms with Crippen molar-refractivity contribution in [3.05, 3.63) is 4.88 Å². The van der Waals surface area contributed by atoms with Crippen molar-refractivity contribution in [3.63, 3.8) is 0 Å². The van der Waals surface area contributed by atoms with Gasteiger partial charge in [-0.05, 0) is 19.3 Å². The van der Waals surface area contributed by atoms with Crippen molar-refractivity contribution in [1.29, 1.82) is 0 Å². The van der Waals surface area contributed by atoms with Crippen LogP contribution in [0, 0.1) is 12.3 Å². The topological polar surface area (TPSA) is 71.2 Å². The van der Waals surface area contributed by atoms with Crippen molar-refractivity contribution in [2.24, 2.45) is 0 Å². The van der Waals surface area contributed by atoms with Crippen molar-refractivity contribution in [1.82, 2.24) is 9.88 Å². The van der Waals surface area contributed by atoms with Gasteiger partial charge in [-0.1, -0.05) is 17.3 Å². The van der Waals surface area contributed by atoms with E-state index < -0.39 is 0 Å². The Balaban J connectivity index is 2.08. The molecule has 1 fully saturated rings. The lowest BCUT2D eigenvalue weighted by Crippen LogP contribution is -2.27. The van der Waals surface area contributed by atoms with Crippen LogP contribution >= 0.6 is 11.3 Å². The Bertz CT molecular complexity index is 487. The Morgan fingerprint density at radius 2 is 2.44 bits per heavy atom. The molecule has 2 rings (SSSR count). The van der Waals surface area contributed by atoms with Gasteiger partial charge in [-0.2, -0.15) is 0 Å². The van der Waals surface area contributed by atoms with Crippen LogP contribution in [-0.4, -0.2) is 35.4 Å². The lowest BCUT2D eigenvalue weighted by molar-refractivity contribution is 0.0818. The Labute approximate surface area is 110 Å². The number of carbonyl (C=O) groups excluding carboxylic acids is 1. The van der Waals surface area contributed by atoms with Crippen molar-refractivity contribution < 1.29 is 4.79 Å². The summed E-state index contributed by atoms with van der Waals surface area (Å²) in [7, 11) is 1.65. The largest absolute Gasteiger partial charge is 0.382 e. The first-order chi connectivity index (χ1) is 8.61. The van der Waals surface area contributed by atoms with Gasteiger partial charge in [0.25, 0.3) is 5.91 Å². The lowest BCUT2D eigenvalue weighted by Gasteiger charge is -2.25. The molecule has 1 aromatic heterocycles. The quantitative estimate of drug-likeness (QED) is 0.806. The first-order valence-electron chi connectivity index (χ1n) is 5.83. The fourth-order valence-corrected chi connectivity index (χ4v) is 2.61. The van der Waals surface area contributed by atoms with Gasteiger partial charge in [0.05, 0.1) is 6.54 Å². The number of thiazole rings is 1. The highest BCUT2D eigenvalue weighted by Crippen LogP contribution is 2.30. The van der Waals surface area contributed by atoms with Crippen LogP contribution in [-0.2, 0) is 0 Å². The number of nitrogens with two attached hydrogens (primary N) is 1. The smallest absolute Gasteiger partial charge is 0.268 e. The van der Waals surface area contributed by atoms with Crippen molar-refractivity contribution in [2.75, 3.05) is 24.6 Å². The molecule has 3 N–H and O–H groups in total. The summed E-state index contributed by atoms with van der Waals surface area (Å²) in [5.41, 5.74) is 5.77. The molecule has 1 heterocycles. The van der Waals surface area contributed by atoms with E-state index in [2.05, 4.69) is 16.2 Å². The fourth-order valence-electron chi connectivity index (χ4n) is 1.66. The molecular weight excluding hydrogens is 248 g/mol. The number of terminal acetylenes is 1. The van der Waals surface area contributed by atoms with E-state index in [4.69, 9.17) is 12.2 Å². The number of hydrogen-bond donors (Lipinski definition) is 2. The second-order valence-electron chi connectivity index (χ2n) is 4.37. The van der Waals surface area contributed by atoms with Crippen LogP contribution in [0.5, 0.6) is 0 Å². The molecule has 0 aliphatic heterocycles. The molecule has 0 radical (unpaired) electrons. The molecule has 0 unspecified atom stereocenters. The van der Waals surface area contributed by atoms with E-state index in [1.807, 2.05) is 0 Å². The van der Waals surface area contributed by atoms with Gasteiger partial charge in [-0.3, -0.25) is 4.79 Å². The summed E-state index contributed by atoms with van der Waals surface area (Å²) in [6.45, 7) is 0.265. The van der Waals surface area contributed by atoms with Crippen molar-refractivity contribution in [3.8, 4) is 12.3 Å². The number of rotatable bonds is 4. The van der Waals surface area contributed by atoms with Crippen LogP contribution < -0.4 is 11.1 Å². The van der Waals surface area contributed by atoms with Crippen molar-refractivity contribution >= 4 is 28.2 Å². The normalized spacial score (nSPS) is 14.7. The molecule has 0 bridgehead atoms. The Morgan fingerprint density at radius 3 is 3.00 bits per heavy atom. The summed E-state index contributed by atoms with van der Waals surface area (Å²) in [4.78, 5) is 18.1. The average Bonchev–Trinajstić information content (AvgIpc) is 2.64. The Kier molecular flexibility index (Phi) is 3.72. The molecule has 1 aliphatic carbocycles. The summed E-state index contributed by atoms with van der Waals surface area (Å²) < 4.78 is 0. The third kappa shape index (κ3) is 2.57. The molecule has 96 valence electrons. The minimum absolute atomic E-state index is 0.176. The number of carbonyl (C=O) groups is 1. The zero-order valence-corrected chi connectivity index (χ0v) is 11.1. The maximum Gasteiger partial charge on any atom is 0.268 e. The Hall–Kier alpha value is -1.74. The SMILES string of the molecule is C#CCN(C)C(=O)c1sc(NC2CCC2)nc1N. The average molecular weight is 264 g/mol. The lowest BCUT2D eigenvalue weighted by atomic mass is 9.93. The monoisotopic (exact) mass is 264 g/mol. The van der Waals surface area contributed by atoms with Gasteiger partial charge < -0.3 is 16.0 Å². The summed E-state index contributed by atoms with van der Waals surface area (Å²) in [5.74, 6) is 2.53. The number of nitrogens with one attached hydrogen (secondary N) is 1. The predicted octanol–water partition coefficient (Wildman–Crippen LogP) is 1.39. The molecular formula is C12H16N4OS. The molecule has 18 heavy (non-hydrogen) atoms. The third-order valence-electron chi connectivity index (χ3n) is 2.96. The summed E-state index contributed by atoms with van der Waals surface area (Å²) in [5, 5.41) is 4.00. The summed E-state index contributed by atoms with van der Waals surface area (Å²) >= 11 is 1.29. The number of anilines is 2. The first-order valence-corrected chi connectivity index (χ1v) is 6.65. The number of aromatic nitrogens is 1. The third-order valence-corrected chi connectivity index (χ3v) is 3.95. The van der Waals surface area contributed by atoms with Gasteiger partial charge in [0.1, 0.15) is 10.7 Å². The van der Waals surface area contributed by atoms with E-state index in [-0.39, 0.29) is 18.3 Å². The van der Waals surface area contributed by atoms with Gasteiger partial charge in [0.15, 0.2) is 5.13 Å². The van der Waals surface area contributed by atoms with Crippen molar-refractivity contribution in [2.45, 2.75) is 25.3 Å². The minimum Gasteiger partial charge on any atom is -0.382 e. The van der Waals surface area contributed by atoms with E-state index in [9.17, 15) is 4.79 Å². The van der Waals surface area contributed by atoms with Crippen LogP contribution in [0.2, 0.25) is 0 Å². The molecule has 1 amide bonds. The zero-order valence-electron chi connectivity index (χ0n) is 10.3. The molecule has 1 aromatic rings. The fraction of sp³-hybridized carbons (Fsp3) is 0.500. The van der Waals surface area contributed by atoms with Gasteiger partial charge in [0.2, 0.25) is 0 Å². The van der Waals surface area contributed by atoms with Crippen LogP contribution in [0.15, 0.2) is 0 Å². The van der Waals surface area contributed by atoms with Crippen LogP contribution in [0.1, 0.15) is 28.9 Å². The van der Waals surface area contributed by atoms with E-state index in [0.717, 1.165) is 18.0 Å². The highest BCUT2D eigenvalue weighted by atomic mass is 32.1. The maximum atomic E-state index is 12.0. The standard InChI is InChI=1S/C12H16N4OS/c1-3-7-16(2)11(17)9-10(13)15-12(18-9)14-8-5-4-6-8/h1,8H,4-7,13H2,2H3,(H,14,15). The Morgan fingerprint density at radius 1 is 1.72 bits per heavy atom. The molecule has 0 saturated heterocycles. The van der Waals surface area contributed by atoms with Crippen LogP contribution in [0.25, 0.3) is 0 Å². The molecule has 1 aliphatic rings. The summed E-state index contributed by atoms with van der Waals surface area (Å²) in [6, 6.07) is 0.474. The molecule has 5 nitrogen and oxygen atoms in total. The van der Waals surface area contributed by atoms with E-state index in [1.165, 1.54) is 22.7 Å². The molecule has 0 aromatic carbocycles. The predicted molar refractivity (Wildman–Crippen MR) is 73.6 cm³/mol. The second-order valence-corrected chi connectivity index (χ2v) is 5.37. The van der Waals surface area contributed by atoms with Crippen LogP contribution in [0.4, 0.5) is 10.9 Å². The number of nitrogens with zero attached hydrogens (tertiary/aromatic N) is 2. The van der Waals surface area contributed by atoms with E-state index >= 15 is 0 Å². The molecule has 0 atom stereocenters. The molecule has 6 heteroatoms. The van der Waals surface area contributed by atoms with Gasteiger partial charge in [-0.15, -0.1) is 6.42 Å². The highest BCUT2D eigenvalue weighted by molar-refractivity contribution is 7.18. The zero-order chi connectivity index (χ0) is 13.1. The number of amides is 1. The highest BCUT2D eigenvalue weighted by Gasteiger charge is 2.22. The molecule has 0 spiro atoms. The number of nitrogen functional groups attached to an aromatic ring is 1. The minimum atomic E-state index is -0.176. The van der Waals surface area contributed by atoms with Crippen LogP contribution in [0.3, 0.4) is 0 Å². The maximum absolute atomic E-state index is 12.0. The number of hydrogen-bond acceptors (Lipinski definition) is 5. The van der Waals surface area contributed by atoms with E-state index in [0.29, 0.717) is 10.9 Å².